The van der Waals surface area contributed by atoms with Crippen molar-refractivity contribution in [1.29, 1.82) is 0 Å². The van der Waals surface area contributed by atoms with Crippen molar-refractivity contribution in [3.8, 4) is 11.5 Å². The summed E-state index contributed by atoms with van der Waals surface area (Å²) in [5.41, 5.74) is 2.37. The number of pyridine rings is 1. The van der Waals surface area contributed by atoms with Crippen molar-refractivity contribution in [1.82, 2.24) is 15.0 Å². The largest absolute Gasteiger partial charge is 0.497 e. The molecule has 30 heavy (non-hydrogen) atoms. The molecule has 8 nitrogen and oxygen atoms in total. The maximum Gasteiger partial charge on any atom is 0.225 e. The molecule has 3 N–H and O–H groups in total. The third-order valence-electron chi connectivity index (χ3n) is 4.85. The number of aliphatic hydroxyl groups excluding tert-OH is 1. The Labute approximate surface area is 176 Å². The minimum atomic E-state index is -0.0837. The Bertz CT molecular complexity index is 967. The molecule has 1 atom stereocenters. The molecule has 0 amide bonds. The minimum absolute atomic E-state index is 0.0319. The first-order valence-electron chi connectivity index (χ1n) is 10.1. The van der Waals surface area contributed by atoms with Gasteiger partial charge in [0.05, 0.1) is 32.4 Å². The highest BCUT2D eigenvalue weighted by molar-refractivity contribution is 5.86. The third kappa shape index (κ3) is 5.27. The van der Waals surface area contributed by atoms with Gasteiger partial charge in [-0.2, -0.15) is 4.98 Å². The topological polar surface area (TPSA) is 101 Å². The molecule has 0 aliphatic heterocycles. The van der Waals surface area contributed by atoms with Crippen molar-refractivity contribution in [2.45, 2.75) is 38.8 Å². The highest BCUT2D eigenvalue weighted by atomic mass is 16.5. The fourth-order valence-electron chi connectivity index (χ4n) is 3.17. The van der Waals surface area contributed by atoms with E-state index in [4.69, 9.17) is 9.47 Å². The van der Waals surface area contributed by atoms with Gasteiger partial charge in [0.25, 0.3) is 0 Å². The van der Waals surface area contributed by atoms with E-state index in [1.807, 2.05) is 30.3 Å². The Morgan fingerprint density at radius 3 is 2.73 bits per heavy atom. The average molecular weight is 412 g/mol. The molecule has 0 aliphatic rings. The molecule has 0 saturated heterocycles. The van der Waals surface area contributed by atoms with Crippen LogP contribution in [0.2, 0.25) is 0 Å². The van der Waals surface area contributed by atoms with Crippen LogP contribution in [0.5, 0.6) is 11.5 Å². The van der Waals surface area contributed by atoms with E-state index in [0.29, 0.717) is 23.8 Å². The number of hydrogen-bond acceptors (Lipinski definition) is 8. The summed E-state index contributed by atoms with van der Waals surface area (Å²) < 4.78 is 10.7. The zero-order valence-electron chi connectivity index (χ0n) is 17.7. The predicted molar refractivity (Wildman–Crippen MR) is 118 cm³/mol. The summed E-state index contributed by atoms with van der Waals surface area (Å²) in [5, 5.41) is 16.3. The zero-order chi connectivity index (χ0) is 21.3. The number of rotatable bonds is 11. The van der Waals surface area contributed by atoms with Gasteiger partial charge in [0.1, 0.15) is 17.0 Å². The lowest BCUT2D eigenvalue weighted by atomic mass is 10.1. The first-order valence-corrected chi connectivity index (χ1v) is 10.1. The number of ether oxygens (including phenoxy) is 2. The van der Waals surface area contributed by atoms with Crippen molar-refractivity contribution >= 4 is 22.8 Å². The van der Waals surface area contributed by atoms with Crippen LogP contribution in [0.15, 0.2) is 36.5 Å². The molecule has 0 bridgehead atoms. The molecule has 8 heteroatoms. The standard InChI is InChI=1S/C22H29N5O3/c1-4-5-7-16(14-28)25-21-20-18(8-6-11-23-20)26-22(27-21)24-13-15-9-10-17(29-2)12-19(15)30-3/h6,8-12,16,28H,4-5,7,13-14H2,1-3H3,(H2,24,25,26,27)/t16-/m1/s1. The minimum Gasteiger partial charge on any atom is -0.497 e. The smallest absolute Gasteiger partial charge is 0.225 e. The Hall–Kier alpha value is -3.13. The van der Waals surface area contributed by atoms with Crippen LogP contribution in [0.25, 0.3) is 11.0 Å². The lowest BCUT2D eigenvalue weighted by Crippen LogP contribution is -2.25. The van der Waals surface area contributed by atoms with Crippen molar-refractivity contribution < 1.29 is 14.6 Å². The fourth-order valence-corrected chi connectivity index (χ4v) is 3.17. The second-order valence-corrected chi connectivity index (χ2v) is 6.96. The monoisotopic (exact) mass is 411 g/mol. The number of fused-ring (bicyclic) bond motifs is 1. The summed E-state index contributed by atoms with van der Waals surface area (Å²) in [6.45, 7) is 2.65. The van der Waals surface area contributed by atoms with Crippen LogP contribution in [0.4, 0.5) is 11.8 Å². The highest BCUT2D eigenvalue weighted by Crippen LogP contribution is 2.26. The van der Waals surface area contributed by atoms with Gasteiger partial charge in [-0.15, -0.1) is 0 Å². The number of nitrogens with zero attached hydrogens (tertiary/aromatic N) is 3. The van der Waals surface area contributed by atoms with Crippen LogP contribution in [0.1, 0.15) is 31.7 Å². The normalized spacial score (nSPS) is 11.9. The van der Waals surface area contributed by atoms with Crippen LogP contribution in [-0.2, 0) is 6.54 Å². The molecule has 2 heterocycles. The van der Waals surface area contributed by atoms with Crippen molar-refractivity contribution in [2.24, 2.45) is 0 Å². The SMILES string of the molecule is CCCC[C@H](CO)Nc1nc(NCc2ccc(OC)cc2OC)nc2cccnc12. The van der Waals surface area contributed by atoms with E-state index < -0.39 is 0 Å². The summed E-state index contributed by atoms with van der Waals surface area (Å²) in [6.07, 6.45) is 4.66. The number of unbranched alkanes of at least 4 members (excludes halogenated alkanes) is 1. The van der Waals surface area contributed by atoms with Crippen LogP contribution in [0, 0.1) is 0 Å². The van der Waals surface area contributed by atoms with Crippen LogP contribution in [-0.4, -0.2) is 46.9 Å². The van der Waals surface area contributed by atoms with Crippen molar-refractivity contribution in [3.05, 3.63) is 42.1 Å². The molecule has 0 saturated carbocycles. The van der Waals surface area contributed by atoms with Gasteiger partial charge in [0.15, 0.2) is 5.82 Å². The number of methoxy groups -OCH3 is 2. The lowest BCUT2D eigenvalue weighted by Gasteiger charge is -2.18. The van der Waals surface area contributed by atoms with Crippen molar-refractivity contribution in [2.75, 3.05) is 31.5 Å². The van der Waals surface area contributed by atoms with Gasteiger partial charge >= 0.3 is 0 Å². The van der Waals surface area contributed by atoms with E-state index in [0.717, 1.165) is 41.8 Å². The molecule has 0 radical (unpaired) electrons. The van der Waals surface area contributed by atoms with Gasteiger partial charge in [0, 0.05) is 24.4 Å². The quantitative estimate of drug-likeness (QED) is 0.440. The van der Waals surface area contributed by atoms with Gasteiger partial charge in [-0.25, -0.2) is 4.98 Å². The lowest BCUT2D eigenvalue weighted by molar-refractivity contribution is 0.267. The highest BCUT2D eigenvalue weighted by Gasteiger charge is 2.14. The molecule has 0 unspecified atom stereocenters. The second-order valence-electron chi connectivity index (χ2n) is 6.96. The Morgan fingerprint density at radius 2 is 2.00 bits per heavy atom. The average Bonchev–Trinajstić information content (AvgIpc) is 2.80. The molecule has 0 aliphatic carbocycles. The number of hydrogen-bond donors (Lipinski definition) is 3. The van der Waals surface area contributed by atoms with E-state index in [-0.39, 0.29) is 12.6 Å². The van der Waals surface area contributed by atoms with Gasteiger partial charge in [-0.05, 0) is 30.7 Å². The van der Waals surface area contributed by atoms with Gasteiger partial charge in [-0.3, -0.25) is 4.98 Å². The van der Waals surface area contributed by atoms with E-state index in [1.165, 1.54) is 0 Å². The van der Waals surface area contributed by atoms with Crippen LogP contribution < -0.4 is 20.1 Å². The predicted octanol–water partition coefficient (Wildman–Crippen LogP) is 3.62. The Morgan fingerprint density at radius 1 is 1.13 bits per heavy atom. The molecular weight excluding hydrogens is 382 g/mol. The van der Waals surface area contributed by atoms with E-state index in [2.05, 4.69) is 32.5 Å². The molecule has 0 spiro atoms. The number of nitrogens with one attached hydrogen (secondary N) is 2. The number of aromatic nitrogens is 3. The van der Waals surface area contributed by atoms with Gasteiger partial charge in [0.2, 0.25) is 5.95 Å². The summed E-state index contributed by atoms with van der Waals surface area (Å²) in [4.78, 5) is 13.6. The van der Waals surface area contributed by atoms with Crippen molar-refractivity contribution in [3.63, 3.8) is 0 Å². The number of aliphatic hydroxyl groups is 1. The summed E-state index contributed by atoms with van der Waals surface area (Å²) >= 11 is 0. The molecule has 2 aromatic heterocycles. The third-order valence-corrected chi connectivity index (χ3v) is 4.85. The molecule has 160 valence electrons. The zero-order valence-corrected chi connectivity index (χ0v) is 17.7. The molecule has 3 aromatic rings. The maximum atomic E-state index is 9.74. The maximum absolute atomic E-state index is 9.74. The van der Waals surface area contributed by atoms with Crippen LogP contribution >= 0.6 is 0 Å². The van der Waals surface area contributed by atoms with Crippen LogP contribution in [0.3, 0.4) is 0 Å². The van der Waals surface area contributed by atoms with Gasteiger partial charge in [-0.1, -0.05) is 19.8 Å². The number of benzene rings is 1. The molecule has 0 fully saturated rings. The molecule has 1 aromatic carbocycles. The summed E-state index contributed by atoms with van der Waals surface area (Å²) in [6, 6.07) is 9.33. The first kappa shape index (κ1) is 21.6. The Kier molecular flexibility index (Phi) is 7.62. The van der Waals surface area contributed by atoms with E-state index in [9.17, 15) is 5.11 Å². The summed E-state index contributed by atoms with van der Waals surface area (Å²) in [5.74, 6) is 2.54. The summed E-state index contributed by atoms with van der Waals surface area (Å²) in [7, 11) is 3.25. The van der Waals surface area contributed by atoms with E-state index in [1.54, 1.807) is 20.4 Å². The molecular formula is C22H29N5O3. The van der Waals surface area contributed by atoms with E-state index >= 15 is 0 Å². The molecule has 3 rings (SSSR count). The second kappa shape index (κ2) is 10.6. The number of anilines is 2. The fraction of sp³-hybridized carbons (Fsp3) is 0.409. The first-order chi connectivity index (χ1) is 14.7. The van der Waals surface area contributed by atoms with Gasteiger partial charge < -0.3 is 25.2 Å². The Balaban J connectivity index is 1.84.